The second-order valence-electron chi connectivity index (χ2n) is 15.0. The van der Waals surface area contributed by atoms with Crippen LogP contribution in [0, 0.1) is 0 Å². The summed E-state index contributed by atoms with van der Waals surface area (Å²) in [6, 6.07) is 21.2. The van der Waals surface area contributed by atoms with Crippen LogP contribution in [-0.4, -0.2) is 78.9 Å². The first-order chi connectivity index (χ1) is 22.0. The zero-order chi connectivity index (χ0) is 34.5. The zero-order valence-corrected chi connectivity index (χ0v) is 30.4. The summed E-state index contributed by atoms with van der Waals surface area (Å²) in [5.41, 5.74) is -1.00. The van der Waals surface area contributed by atoms with E-state index < -0.39 is 31.7 Å². The van der Waals surface area contributed by atoms with E-state index >= 15 is 0 Å². The van der Waals surface area contributed by atoms with Crippen LogP contribution < -0.4 is 20.6 Å². The number of carbonyl (C=O) groups excluding carboxylic acids is 2. The van der Waals surface area contributed by atoms with E-state index in [0.29, 0.717) is 31.2 Å². The van der Waals surface area contributed by atoms with Gasteiger partial charge in [0.15, 0.2) is 0 Å². The minimum absolute atomic E-state index is 0.0173. The highest BCUT2D eigenvalue weighted by atomic mass is 28.4. The smallest absolute Gasteiger partial charge is 0.420 e. The summed E-state index contributed by atoms with van der Waals surface area (Å²) in [6.45, 7) is 19.9. The van der Waals surface area contributed by atoms with Gasteiger partial charge in [-0.1, -0.05) is 81.4 Å². The van der Waals surface area contributed by atoms with Gasteiger partial charge in [0.1, 0.15) is 11.2 Å². The minimum atomic E-state index is -2.74. The Hall–Kier alpha value is -3.80. The molecule has 3 aromatic rings. The average molecular weight is 662 g/mol. The van der Waals surface area contributed by atoms with Gasteiger partial charge < -0.3 is 24.1 Å². The van der Waals surface area contributed by atoms with Gasteiger partial charge in [-0.25, -0.2) is 24.5 Å². The van der Waals surface area contributed by atoms with Crippen molar-refractivity contribution in [1.82, 2.24) is 20.2 Å². The second-order valence-corrected chi connectivity index (χ2v) is 19.3. The van der Waals surface area contributed by atoms with E-state index in [1.54, 1.807) is 53.9 Å². The third-order valence-electron chi connectivity index (χ3n) is 7.78. The van der Waals surface area contributed by atoms with Crippen molar-refractivity contribution in [2.75, 3.05) is 31.1 Å². The SMILES string of the molecule is CC(C)(C)OC(=O)N(Cc1cnc(N2CCNCC2CO[Si](c2ccccc2)(c2ccccc2)C(C)(C)C)nc1)C(=O)OC(C)(C)C. The van der Waals surface area contributed by atoms with E-state index in [2.05, 4.69) is 79.5 Å². The summed E-state index contributed by atoms with van der Waals surface area (Å²) < 4.78 is 18.3. The number of imide groups is 1. The van der Waals surface area contributed by atoms with E-state index in [1.165, 1.54) is 10.4 Å². The largest absolute Gasteiger partial charge is 0.443 e. The van der Waals surface area contributed by atoms with E-state index in [0.717, 1.165) is 11.4 Å². The third-order valence-corrected chi connectivity index (χ3v) is 12.8. The Morgan fingerprint density at radius 1 is 0.830 bits per heavy atom. The summed E-state index contributed by atoms with van der Waals surface area (Å²) in [5.74, 6) is 0.562. The summed E-state index contributed by atoms with van der Waals surface area (Å²) in [7, 11) is -2.74. The molecule has 1 N–H and O–H groups in total. The molecule has 0 saturated carbocycles. The summed E-state index contributed by atoms with van der Waals surface area (Å²) in [6.07, 6.45) is 1.70. The van der Waals surface area contributed by atoms with Crippen LogP contribution >= 0.6 is 0 Å². The van der Waals surface area contributed by atoms with Crippen LogP contribution in [0.1, 0.15) is 67.9 Å². The van der Waals surface area contributed by atoms with E-state index in [4.69, 9.17) is 23.9 Å². The lowest BCUT2D eigenvalue weighted by atomic mass is 10.2. The van der Waals surface area contributed by atoms with Gasteiger partial charge in [-0.15, -0.1) is 0 Å². The number of anilines is 1. The molecule has 1 aliphatic heterocycles. The van der Waals surface area contributed by atoms with Gasteiger partial charge in [0, 0.05) is 37.6 Å². The topological polar surface area (TPSA) is 106 Å². The van der Waals surface area contributed by atoms with Crippen molar-refractivity contribution in [3.8, 4) is 0 Å². The standard InChI is InChI=1S/C36H51N5O5Si/c1-34(2,3)45-32(42)41(33(43)46-35(4,5)6)25-27-22-38-31(39-23-27)40-21-20-37-24-28(40)26-44-47(36(7,8)9,29-16-12-10-13-17-29)30-18-14-11-15-19-30/h10-19,22-23,28,37H,20-21,24-26H2,1-9H3. The van der Waals surface area contributed by atoms with Crippen LogP contribution in [-0.2, 0) is 20.4 Å². The molecule has 0 bridgehead atoms. The normalized spacial score (nSPS) is 16.0. The van der Waals surface area contributed by atoms with Crippen LogP contribution in [0.15, 0.2) is 73.1 Å². The van der Waals surface area contributed by atoms with Crippen LogP contribution in [0.25, 0.3) is 0 Å². The summed E-state index contributed by atoms with van der Waals surface area (Å²) in [5, 5.41) is 5.83. The molecule has 1 fully saturated rings. The monoisotopic (exact) mass is 661 g/mol. The molecule has 2 heterocycles. The molecule has 1 unspecified atom stereocenters. The fourth-order valence-electron chi connectivity index (χ4n) is 5.75. The number of ether oxygens (including phenoxy) is 2. The molecule has 0 aliphatic carbocycles. The predicted molar refractivity (Wildman–Crippen MR) is 188 cm³/mol. The highest BCUT2D eigenvalue weighted by Crippen LogP contribution is 2.37. The number of rotatable bonds is 8. The number of nitrogens with zero attached hydrogens (tertiary/aromatic N) is 4. The predicted octanol–water partition coefficient (Wildman–Crippen LogP) is 5.50. The third kappa shape index (κ3) is 9.18. The number of hydrogen-bond donors (Lipinski definition) is 1. The van der Waals surface area contributed by atoms with E-state index in [-0.39, 0.29) is 17.6 Å². The molecule has 1 aromatic heterocycles. The van der Waals surface area contributed by atoms with Crippen LogP contribution in [0.5, 0.6) is 0 Å². The average Bonchev–Trinajstić information content (AvgIpc) is 2.99. The molecule has 11 heteroatoms. The molecule has 1 atom stereocenters. The maximum absolute atomic E-state index is 13.0. The maximum atomic E-state index is 13.0. The highest BCUT2D eigenvalue weighted by molar-refractivity contribution is 6.99. The van der Waals surface area contributed by atoms with Crippen molar-refractivity contribution in [3.05, 3.63) is 78.6 Å². The molecule has 47 heavy (non-hydrogen) atoms. The fraction of sp³-hybridized carbons (Fsp3) is 0.500. The molecule has 0 spiro atoms. The number of amides is 2. The molecule has 4 rings (SSSR count). The van der Waals surface area contributed by atoms with Gasteiger partial charge >= 0.3 is 12.2 Å². The van der Waals surface area contributed by atoms with E-state index in [1.807, 2.05) is 12.1 Å². The Kier molecular flexibility index (Phi) is 11.1. The Balaban J connectivity index is 1.58. The number of hydrogen-bond acceptors (Lipinski definition) is 9. The molecule has 254 valence electrons. The van der Waals surface area contributed by atoms with Gasteiger partial charge in [0.2, 0.25) is 5.95 Å². The molecule has 10 nitrogen and oxygen atoms in total. The minimum Gasteiger partial charge on any atom is -0.443 e. The van der Waals surface area contributed by atoms with Gasteiger partial charge in [-0.2, -0.15) is 0 Å². The molecule has 1 aliphatic rings. The van der Waals surface area contributed by atoms with Crippen LogP contribution in [0.4, 0.5) is 15.5 Å². The first kappa shape index (κ1) is 36.0. The number of piperazine rings is 1. The lowest BCUT2D eigenvalue weighted by Crippen LogP contribution is -2.68. The fourth-order valence-corrected chi connectivity index (χ4v) is 10.4. The molecule has 0 radical (unpaired) electrons. The first-order valence-electron chi connectivity index (χ1n) is 16.3. The summed E-state index contributed by atoms with van der Waals surface area (Å²) >= 11 is 0. The molecule has 2 amide bonds. The van der Waals surface area contributed by atoms with Gasteiger partial charge in [-0.3, -0.25) is 0 Å². The Morgan fingerprint density at radius 2 is 1.32 bits per heavy atom. The lowest BCUT2D eigenvalue weighted by Gasteiger charge is -2.45. The zero-order valence-electron chi connectivity index (χ0n) is 29.4. The highest BCUT2D eigenvalue weighted by Gasteiger charge is 2.50. The van der Waals surface area contributed by atoms with Gasteiger partial charge in [0.25, 0.3) is 8.32 Å². The van der Waals surface area contributed by atoms with Crippen molar-refractivity contribution in [3.63, 3.8) is 0 Å². The molecular formula is C36H51N5O5Si. The maximum Gasteiger partial charge on any atom is 0.420 e. The molecule has 1 saturated heterocycles. The Bertz CT molecular complexity index is 1400. The van der Waals surface area contributed by atoms with E-state index in [9.17, 15) is 9.59 Å². The van der Waals surface area contributed by atoms with Gasteiger partial charge in [-0.05, 0) is 57.0 Å². The van der Waals surface area contributed by atoms with Crippen LogP contribution in [0.3, 0.4) is 0 Å². The number of nitrogens with one attached hydrogen (secondary N) is 1. The molecular weight excluding hydrogens is 611 g/mol. The second kappa shape index (κ2) is 14.5. The van der Waals surface area contributed by atoms with Gasteiger partial charge in [0.05, 0.1) is 19.2 Å². The van der Waals surface area contributed by atoms with Crippen LogP contribution in [0.2, 0.25) is 5.04 Å². The quantitative estimate of drug-likeness (QED) is 0.313. The first-order valence-corrected chi connectivity index (χ1v) is 18.2. The van der Waals surface area contributed by atoms with Crippen molar-refractivity contribution >= 4 is 36.8 Å². The lowest BCUT2D eigenvalue weighted by molar-refractivity contribution is -0.000281. The van der Waals surface area contributed by atoms with Crippen molar-refractivity contribution in [1.29, 1.82) is 0 Å². The van der Waals surface area contributed by atoms with Crippen molar-refractivity contribution < 1.29 is 23.5 Å². The van der Waals surface area contributed by atoms with Crippen molar-refractivity contribution in [2.24, 2.45) is 0 Å². The number of aromatic nitrogens is 2. The number of benzene rings is 2. The molecule has 2 aromatic carbocycles. The van der Waals surface area contributed by atoms with Crippen molar-refractivity contribution in [2.45, 2.75) is 91.1 Å². The Morgan fingerprint density at radius 3 is 1.77 bits per heavy atom. The number of carbonyl (C=O) groups is 2. The summed E-state index contributed by atoms with van der Waals surface area (Å²) in [4.78, 5) is 38.5. The Labute approximate surface area is 281 Å².